The number of anilines is 1. The number of aryl methyl sites for hydroxylation is 3. The molecule has 0 saturated carbocycles. The Morgan fingerprint density at radius 2 is 1.83 bits per heavy atom. The summed E-state index contributed by atoms with van der Waals surface area (Å²) in [5, 5.41) is 1.45. The molecule has 0 saturated heterocycles. The number of fused-ring (bicyclic) bond motifs is 1. The zero-order valence-corrected chi connectivity index (χ0v) is 20.5. The second-order valence-corrected chi connectivity index (χ2v) is 9.24. The molecule has 0 radical (unpaired) electrons. The summed E-state index contributed by atoms with van der Waals surface area (Å²) in [6, 6.07) is 10.1. The van der Waals surface area contributed by atoms with E-state index in [4.69, 9.17) is 16.6 Å². The Bertz CT molecular complexity index is 1030. The molecule has 0 spiro atoms. The van der Waals surface area contributed by atoms with Gasteiger partial charge in [-0.15, -0.1) is 12.4 Å². The largest absolute Gasteiger partial charge is 0.309 e. The number of benzene rings is 2. The number of aromatic nitrogens is 1. The maximum atomic E-state index is 13.3. The van der Waals surface area contributed by atoms with Crippen molar-refractivity contribution < 1.29 is 4.79 Å². The molecule has 7 heteroatoms. The first-order valence-electron chi connectivity index (χ1n) is 9.83. The van der Waals surface area contributed by atoms with E-state index in [1.54, 1.807) is 11.3 Å². The zero-order chi connectivity index (χ0) is 21.1. The molecule has 0 bridgehead atoms. The van der Waals surface area contributed by atoms with Crippen LogP contribution in [0.1, 0.15) is 28.7 Å². The predicted octanol–water partition coefficient (Wildman–Crippen LogP) is 5.82. The van der Waals surface area contributed by atoms with Gasteiger partial charge in [-0.3, -0.25) is 9.69 Å². The molecule has 0 atom stereocenters. The summed E-state index contributed by atoms with van der Waals surface area (Å²) >= 11 is 7.83. The minimum absolute atomic E-state index is 0. The van der Waals surface area contributed by atoms with Crippen molar-refractivity contribution in [1.82, 2.24) is 9.88 Å². The van der Waals surface area contributed by atoms with Gasteiger partial charge in [0, 0.05) is 11.6 Å². The molecular weight excluding hydrogens is 437 g/mol. The van der Waals surface area contributed by atoms with E-state index in [9.17, 15) is 4.79 Å². The quantitative estimate of drug-likeness (QED) is 0.440. The van der Waals surface area contributed by atoms with Crippen LogP contribution in [0, 0.1) is 20.8 Å². The smallest absolute Gasteiger partial charge is 0.233 e. The summed E-state index contributed by atoms with van der Waals surface area (Å²) in [5.41, 5.74) is 5.27. The monoisotopic (exact) mass is 465 g/mol. The third kappa shape index (κ3) is 5.73. The number of carbonyl (C=O) groups is 1. The predicted molar refractivity (Wildman–Crippen MR) is 132 cm³/mol. The Morgan fingerprint density at radius 1 is 1.10 bits per heavy atom. The SMILES string of the molecule is Cc1ccc(CC(=O)N(CCCN(C)C)c2nc3c(C)c(Cl)ccc3s2)c(C)c1.Cl. The van der Waals surface area contributed by atoms with Gasteiger partial charge in [0.05, 0.1) is 16.6 Å². The summed E-state index contributed by atoms with van der Waals surface area (Å²) in [5.74, 6) is 0.0820. The van der Waals surface area contributed by atoms with Crippen LogP contribution in [0.25, 0.3) is 10.2 Å². The fourth-order valence-corrected chi connectivity index (χ4v) is 4.60. The molecule has 162 valence electrons. The molecule has 0 aliphatic rings. The van der Waals surface area contributed by atoms with Crippen LogP contribution in [-0.2, 0) is 11.2 Å². The topological polar surface area (TPSA) is 36.4 Å². The number of hydrogen-bond donors (Lipinski definition) is 0. The standard InChI is InChI=1S/C23H28ClN3OS.ClH/c1-15-7-8-18(16(2)13-15)14-21(28)27(12-6-11-26(4)5)23-25-22-17(3)19(24)9-10-20(22)29-23;/h7-10,13H,6,11-12,14H2,1-5H3;1H. The molecule has 1 heterocycles. The van der Waals surface area contributed by atoms with Crippen molar-refractivity contribution in [2.45, 2.75) is 33.6 Å². The number of amides is 1. The number of hydrogen-bond acceptors (Lipinski definition) is 4. The van der Waals surface area contributed by atoms with Gasteiger partial charge in [-0.05, 0) is 76.7 Å². The summed E-state index contributed by atoms with van der Waals surface area (Å²) in [6.07, 6.45) is 1.27. The number of carbonyl (C=O) groups excluding carboxylic acids is 1. The molecule has 3 aromatic rings. The highest BCUT2D eigenvalue weighted by Gasteiger charge is 2.21. The van der Waals surface area contributed by atoms with Gasteiger partial charge in [-0.2, -0.15) is 0 Å². The van der Waals surface area contributed by atoms with Gasteiger partial charge in [-0.1, -0.05) is 46.7 Å². The van der Waals surface area contributed by atoms with Crippen molar-refractivity contribution in [3.63, 3.8) is 0 Å². The number of rotatable bonds is 7. The fourth-order valence-electron chi connectivity index (χ4n) is 3.38. The zero-order valence-electron chi connectivity index (χ0n) is 18.2. The van der Waals surface area contributed by atoms with Crippen LogP contribution in [0.4, 0.5) is 5.13 Å². The summed E-state index contributed by atoms with van der Waals surface area (Å²) in [4.78, 5) is 22.1. The summed E-state index contributed by atoms with van der Waals surface area (Å²) in [6.45, 7) is 7.68. The second-order valence-electron chi connectivity index (χ2n) is 7.82. The van der Waals surface area contributed by atoms with Crippen LogP contribution in [0.15, 0.2) is 30.3 Å². The number of nitrogens with zero attached hydrogens (tertiary/aromatic N) is 3. The van der Waals surface area contributed by atoms with Gasteiger partial charge in [0.25, 0.3) is 0 Å². The van der Waals surface area contributed by atoms with Crippen LogP contribution < -0.4 is 4.90 Å². The minimum atomic E-state index is 0. The molecule has 30 heavy (non-hydrogen) atoms. The first-order valence-corrected chi connectivity index (χ1v) is 11.0. The highest BCUT2D eigenvalue weighted by Crippen LogP contribution is 2.34. The Kier molecular flexibility index (Phi) is 8.68. The van der Waals surface area contributed by atoms with Crippen molar-refractivity contribution in [3.05, 3.63) is 57.6 Å². The molecule has 0 N–H and O–H groups in total. The van der Waals surface area contributed by atoms with E-state index < -0.39 is 0 Å². The van der Waals surface area contributed by atoms with Crippen LogP contribution in [0.3, 0.4) is 0 Å². The van der Waals surface area contributed by atoms with Crippen molar-refractivity contribution in [2.24, 2.45) is 0 Å². The Labute approximate surface area is 194 Å². The molecule has 4 nitrogen and oxygen atoms in total. The van der Waals surface area contributed by atoms with Gasteiger partial charge in [0.2, 0.25) is 5.91 Å². The van der Waals surface area contributed by atoms with Crippen LogP contribution in [-0.4, -0.2) is 43.0 Å². The van der Waals surface area contributed by atoms with Gasteiger partial charge >= 0.3 is 0 Å². The summed E-state index contributed by atoms with van der Waals surface area (Å²) in [7, 11) is 4.09. The maximum absolute atomic E-state index is 13.3. The molecule has 3 rings (SSSR count). The maximum Gasteiger partial charge on any atom is 0.233 e. The number of thiazole rings is 1. The van der Waals surface area contributed by atoms with E-state index in [1.165, 1.54) is 5.56 Å². The average Bonchev–Trinajstić information content (AvgIpc) is 3.08. The van der Waals surface area contributed by atoms with Crippen LogP contribution in [0.5, 0.6) is 0 Å². The van der Waals surface area contributed by atoms with E-state index in [-0.39, 0.29) is 18.3 Å². The summed E-state index contributed by atoms with van der Waals surface area (Å²) < 4.78 is 1.05. The lowest BCUT2D eigenvalue weighted by Crippen LogP contribution is -2.34. The average molecular weight is 466 g/mol. The fraction of sp³-hybridized carbons (Fsp3) is 0.391. The Hall–Kier alpha value is -1.66. The second kappa shape index (κ2) is 10.6. The van der Waals surface area contributed by atoms with Gasteiger partial charge < -0.3 is 4.90 Å². The van der Waals surface area contributed by atoms with Crippen molar-refractivity contribution in [1.29, 1.82) is 0 Å². The van der Waals surface area contributed by atoms with Crippen LogP contribution >= 0.6 is 35.3 Å². The van der Waals surface area contributed by atoms with E-state index in [0.717, 1.165) is 45.0 Å². The molecule has 2 aromatic carbocycles. The highest BCUT2D eigenvalue weighted by molar-refractivity contribution is 7.22. The van der Waals surface area contributed by atoms with E-state index >= 15 is 0 Å². The van der Waals surface area contributed by atoms with Gasteiger partial charge in [0.15, 0.2) is 5.13 Å². The molecule has 0 aliphatic carbocycles. The van der Waals surface area contributed by atoms with Gasteiger partial charge in [0.1, 0.15) is 0 Å². The normalized spacial score (nSPS) is 11.0. The molecule has 0 aliphatic heterocycles. The van der Waals surface area contributed by atoms with Crippen LogP contribution in [0.2, 0.25) is 5.02 Å². The molecule has 1 amide bonds. The Balaban J connectivity index is 0.00000320. The van der Waals surface area contributed by atoms with E-state index in [0.29, 0.717) is 18.0 Å². The van der Waals surface area contributed by atoms with Crippen molar-refractivity contribution in [3.8, 4) is 0 Å². The van der Waals surface area contributed by atoms with E-state index in [2.05, 4.69) is 36.9 Å². The van der Waals surface area contributed by atoms with Gasteiger partial charge in [-0.25, -0.2) is 4.98 Å². The first-order chi connectivity index (χ1) is 13.8. The number of halogens is 2. The van der Waals surface area contributed by atoms with Crippen molar-refractivity contribution >= 4 is 56.6 Å². The molecular formula is C23H29Cl2N3OS. The van der Waals surface area contributed by atoms with E-state index in [1.807, 2.05) is 38.1 Å². The lowest BCUT2D eigenvalue weighted by molar-refractivity contribution is -0.118. The third-order valence-corrected chi connectivity index (χ3v) is 6.55. The molecule has 0 fully saturated rings. The molecule has 1 aromatic heterocycles. The highest BCUT2D eigenvalue weighted by atomic mass is 35.5. The Morgan fingerprint density at radius 3 is 2.50 bits per heavy atom. The lowest BCUT2D eigenvalue weighted by Gasteiger charge is -2.21. The minimum Gasteiger partial charge on any atom is -0.309 e. The van der Waals surface area contributed by atoms with Crippen molar-refractivity contribution in [2.75, 3.05) is 32.1 Å². The lowest BCUT2D eigenvalue weighted by atomic mass is 10.0. The molecule has 0 unspecified atom stereocenters. The first kappa shape index (κ1) is 24.6. The third-order valence-electron chi connectivity index (χ3n) is 5.10.